The lowest BCUT2D eigenvalue weighted by Crippen LogP contribution is -2.25. The molecular weight excluding hydrogens is 340 g/mol. The van der Waals surface area contributed by atoms with Crippen LogP contribution in [0.5, 0.6) is 11.5 Å². The van der Waals surface area contributed by atoms with Gasteiger partial charge >= 0.3 is 0 Å². The van der Waals surface area contributed by atoms with Crippen molar-refractivity contribution in [2.24, 2.45) is 0 Å². The molecule has 5 nitrogen and oxygen atoms in total. The lowest BCUT2D eigenvalue weighted by Gasteiger charge is -2.14. The third-order valence-corrected chi connectivity index (χ3v) is 4.29. The maximum Gasteiger partial charge on any atom is 0.234 e. The Kier molecular flexibility index (Phi) is 7.69. The highest BCUT2D eigenvalue weighted by atomic mass is 16.5. The van der Waals surface area contributed by atoms with E-state index in [1.165, 1.54) is 11.1 Å². The van der Waals surface area contributed by atoms with Crippen LogP contribution in [0.1, 0.15) is 28.7 Å². The molecule has 142 valence electrons. The standard InChI is InChI=1S/C22H26N2O3/c1-16-14-17(2)18(3)21(15-16)27-13-12-26-20-7-5-4-6-19(20)9-11-24-22(25)8-10-23/h4-7,14-15H,8-9,11-13H2,1-3H3,(H,24,25). The lowest BCUT2D eigenvalue weighted by molar-refractivity contribution is -0.120. The van der Waals surface area contributed by atoms with Gasteiger partial charge in [0.15, 0.2) is 0 Å². The lowest BCUT2D eigenvalue weighted by atomic mass is 10.1. The zero-order valence-corrected chi connectivity index (χ0v) is 16.2. The number of amides is 1. The van der Waals surface area contributed by atoms with Crippen molar-refractivity contribution in [2.45, 2.75) is 33.6 Å². The van der Waals surface area contributed by atoms with Crippen LogP contribution in [0.15, 0.2) is 36.4 Å². The predicted molar refractivity (Wildman–Crippen MR) is 105 cm³/mol. The fourth-order valence-electron chi connectivity index (χ4n) is 2.78. The SMILES string of the molecule is Cc1cc(C)c(C)c(OCCOc2ccccc2CCNC(=O)CC#N)c1. The van der Waals surface area contributed by atoms with Gasteiger partial charge in [0, 0.05) is 6.54 Å². The monoisotopic (exact) mass is 366 g/mol. The first-order chi connectivity index (χ1) is 13.0. The van der Waals surface area contributed by atoms with Crippen molar-refractivity contribution in [3.05, 3.63) is 58.7 Å². The minimum atomic E-state index is -0.256. The van der Waals surface area contributed by atoms with Gasteiger partial charge in [-0.05, 0) is 61.6 Å². The van der Waals surface area contributed by atoms with Gasteiger partial charge in [-0.2, -0.15) is 5.26 Å². The van der Waals surface area contributed by atoms with Crippen molar-refractivity contribution >= 4 is 5.91 Å². The van der Waals surface area contributed by atoms with E-state index in [0.717, 1.165) is 22.6 Å². The molecule has 0 bridgehead atoms. The number of aryl methyl sites for hydroxylation is 2. The van der Waals surface area contributed by atoms with Gasteiger partial charge in [0.1, 0.15) is 31.1 Å². The summed E-state index contributed by atoms with van der Waals surface area (Å²) in [6.45, 7) is 7.56. The quantitative estimate of drug-likeness (QED) is 0.688. The molecule has 0 heterocycles. The topological polar surface area (TPSA) is 71.3 Å². The molecule has 27 heavy (non-hydrogen) atoms. The Labute approximate surface area is 160 Å². The summed E-state index contributed by atoms with van der Waals surface area (Å²) < 4.78 is 11.8. The number of hydrogen-bond acceptors (Lipinski definition) is 4. The molecule has 0 aliphatic carbocycles. The highest BCUT2D eigenvalue weighted by Crippen LogP contribution is 2.23. The normalized spacial score (nSPS) is 10.1. The molecule has 0 saturated carbocycles. The molecule has 0 saturated heterocycles. The molecular formula is C22H26N2O3. The van der Waals surface area contributed by atoms with E-state index >= 15 is 0 Å². The Morgan fingerprint density at radius 2 is 1.78 bits per heavy atom. The highest BCUT2D eigenvalue weighted by molar-refractivity contribution is 5.77. The van der Waals surface area contributed by atoms with E-state index in [4.69, 9.17) is 14.7 Å². The summed E-state index contributed by atoms with van der Waals surface area (Å²) in [4.78, 5) is 11.4. The molecule has 0 aliphatic rings. The average molecular weight is 366 g/mol. The van der Waals surface area contributed by atoms with Crippen molar-refractivity contribution < 1.29 is 14.3 Å². The second kappa shape index (κ2) is 10.2. The Balaban J connectivity index is 1.84. The first-order valence-corrected chi connectivity index (χ1v) is 9.06. The van der Waals surface area contributed by atoms with Gasteiger partial charge in [-0.15, -0.1) is 0 Å². The molecule has 2 rings (SSSR count). The molecule has 0 aliphatic heterocycles. The van der Waals surface area contributed by atoms with Crippen molar-refractivity contribution in [3.63, 3.8) is 0 Å². The number of para-hydroxylation sites is 1. The van der Waals surface area contributed by atoms with Gasteiger partial charge in [0.25, 0.3) is 0 Å². The van der Waals surface area contributed by atoms with E-state index < -0.39 is 0 Å². The summed E-state index contributed by atoms with van der Waals surface area (Å²) in [5.41, 5.74) is 4.55. The summed E-state index contributed by atoms with van der Waals surface area (Å²) in [6, 6.07) is 13.8. The van der Waals surface area contributed by atoms with Crippen molar-refractivity contribution in [2.75, 3.05) is 19.8 Å². The molecule has 1 amide bonds. The number of carbonyl (C=O) groups excluding carboxylic acids is 1. The summed E-state index contributed by atoms with van der Waals surface area (Å²) >= 11 is 0. The Hall–Kier alpha value is -3.00. The van der Waals surface area contributed by atoms with E-state index in [2.05, 4.69) is 32.2 Å². The van der Waals surface area contributed by atoms with E-state index in [0.29, 0.717) is 26.2 Å². The van der Waals surface area contributed by atoms with Gasteiger partial charge in [-0.25, -0.2) is 0 Å². The third-order valence-electron chi connectivity index (χ3n) is 4.29. The number of rotatable bonds is 9. The number of carbonyl (C=O) groups is 1. The third kappa shape index (κ3) is 6.34. The van der Waals surface area contributed by atoms with Gasteiger partial charge in [0.05, 0.1) is 6.07 Å². The summed E-state index contributed by atoms with van der Waals surface area (Å²) in [6.07, 6.45) is 0.526. The molecule has 0 atom stereocenters. The first kappa shape index (κ1) is 20.3. The number of nitrogens with zero attached hydrogens (tertiary/aromatic N) is 1. The Bertz CT molecular complexity index is 825. The van der Waals surface area contributed by atoms with Crippen LogP contribution >= 0.6 is 0 Å². The van der Waals surface area contributed by atoms with Crippen LogP contribution in [0.25, 0.3) is 0 Å². The molecule has 0 spiro atoms. The van der Waals surface area contributed by atoms with Gasteiger partial charge in [-0.1, -0.05) is 24.3 Å². The zero-order valence-electron chi connectivity index (χ0n) is 16.2. The summed E-state index contributed by atoms with van der Waals surface area (Å²) in [5, 5.41) is 11.2. The minimum Gasteiger partial charge on any atom is -0.490 e. The molecule has 0 fully saturated rings. The second-order valence-corrected chi connectivity index (χ2v) is 6.44. The zero-order chi connectivity index (χ0) is 19.6. The summed E-state index contributed by atoms with van der Waals surface area (Å²) in [7, 11) is 0. The maximum atomic E-state index is 11.4. The van der Waals surface area contributed by atoms with Crippen LogP contribution in [0.2, 0.25) is 0 Å². The van der Waals surface area contributed by atoms with E-state index in [1.54, 1.807) is 0 Å². The van der Waals surface area contributed by atoms with E-state index in [-0.39, 0.29) is 12.3 Å². The van der Waals surface area contributed by atoms with Crippen LogP contribution in [-0.2, 0) is 11.2 Å². The Morgan fingerprint density at radius 1 is 1.07 bits per heavy atom. The number of ether oxygens (including phenoxy) is 2. The molecule has 1 N–H and O–H groups in total. The molecule has 0 aromatic heterocycles. The van der Waals surface area contributed by atoms with Gasteiger partial charge in [-0.3, -0.25) is 4.79 Å². The van der Waals surface area contributed by atoms with Gasteiger partial charge in [0.2, 0.25) is 5.91 Å². The fraction of sp³-hybridized carbons (Fsp3) is 0.364. The fourth-order valence-corrected chi connectivity index (χ4v) is 2.78. The number of benzene rings is 2. The molecule has 0 unspecified atom stereocenters. The molecule has 2 aromatic rings. The Morgan fingerprint density at radius 3 is 2.52 bits per heavy atom. The number of nitriles is 1. The molecule has 5 heteroatoms. The van der Waals surface area contributed by atoms with Crippen LogP contribution < -0.4 is 14.8 Å². The van der Waals surface area contributed by atoms with Crippen LogP contribution in [0.4, 0.5) is 0 Å². The molecule has 2 aromatic carbocycles. The van der Waals surface area contributed by atoms with Crippen molar-refractivity contribution in [3.8, 4) is 17.6 Å². The number of hydrogen-bond donors (Lipinski definition) is 1. The molecule has 0 radical (unpaired) electrons. The van der Waals surface area contributed by atoms with Crippen molar-refractivity contribution in [1.29, 1.82) is 5.26 Å². The van der Waals surface area contributed by atoms with E-state index in [9.17, 15) is 4.79 Å². The first-order valence-electron chi connectivity index (χ1n) is 9.06. The average Bonchev–Trinajstić information content (AvgIpc) is 2.64. The van der Waals surface area contributed by atoms with Crippen LogP contribution in [0.3, 0.4) is 0 Å². The minimum absolute atomic E-state index is 0.118. The second-order valence-electron chi connectivity index (χ2n) is 6.44. The summed E-state index contributed by atoms with van der Waals surface area (Å²) in [5.74, 6) is 1.42. The van der Waals surface area contributed by atoms with Gasteiger partial charge < -0.3 is 14.8 Å². The van der Waals surface area contributed by atoms with Crippen LogP contribution in [0, 0.1) is 32.1 Å². The largest absolute Gasteiger partial charge is 0.490 e. The number of nitrogens with one attached hydrogen (secondary N) is 1. The highest BCUT2D eigenvalue weighted by Gasteiger charge is 2.06. The van der Waals surface area contributed by atoms with Crippen molar-refractivity contribution in [1.82, 2.24) is 5.32 Å². The van der Waals surface area contributed by atoms with E-state index in [1.807, 2.05) is 36.4 Å². The van der Waals surface area contributed by atoms with Crippen LogP contribution in [-0.4, -0.2) is 25.7 Å². The maximum absolute atomic E-state index is 11.4. The smallest absolute Gasteiger partial charge is 0.234 e. The predicted octanol–water partition coefficient (Wildman–Crippen LogP) is 3.64.